The molecule has 15 nitrogen and oxygen atoms in total. The van der Waals surface area contributed by atoms with Crippen molar-refractivity contribution in [2.45, 2.75) is 77.9 Å². The highest BCUT2D eigenvalue weighted by Crippen LogP contribution is 2.72. The summed E-state index contributed by atoms with van der Waals surface area (Å²) in [5, 5.41) is 22.1. The van der Waals surface area contributed by atoms with Gasteiger partial charge in [0.05, 0.1) is 10.8 Å². The van der Waals surface area contributed by atoms with E-state index in [0.29, 0.717) is 4.57 Å². The number of hydrogen-bond acceptors (Lipinski definition) is 13. The van der Waals surface area contributed by atoms with Gasteiger partial charge in [-0.25, -0.2) is 22.8 Å². The number of aromatic nitrogens is 2. The monoisotopic (exact) mass is 582 g/mol. The summed E-state index contributed by atoms with van der Waals surface area (Å²) in [7, 11) is -4.99. The lowest BCUT2D eigenvalue weighted by molar-refractivity contribution is -0.185. The molecular weight excluding hydrogens is 550 g/mol. The molecule has 17 heteroatoms. The van der Waals surface area contributed by atoms with Crippen molar-refractivity contribution < 1.29 is 56.5 Å². The number of H-pyrrole nitrogens is 1. The molecule has 3 rings (SSSR count). The number of ether oxygens (including phenoxy) is 3. The predicted molar refractivity (Wildman–Crippen MR) is 126 cm³/mol. The Hall–Kier alpha value is -2.46. The molecule has 5 atom stereocenters. The summed E-state index contributed by atoms with van der Waals surface area (Å²) in [6, 6.07) is 0.904. The third-order valence-corrected chi connectivity index (χ3v) is 7.37. The van der Waals surface area contributed by atoms with Crippen molar-refractivity contribution in [1.82, 2.24) is 9.55 Å². The van der Waals surface area contributed by atoms with Gasteiger partial charge in [0.15, 0.2) is 17.9 Å². The Morgan fingerprint density at radius 2 is 1.56 bits per heavy atom. The number of carbonyl (C=O) groups excluding carboxylic acids is 2. The number of rotatable bonds is 9. The standard InChI is InChI=1S/C22H32FN2O13P/c1-18(2,3)15(27)33-10-35-39(32,36-11-34-16(28)19(4,5)6)38-13-21(31)20(7,30)14(37-22(13,21)23)25-9-8-12(26)24-17(25)29/h8-9,13-14,30-31H,10-11H2,1-7H3,(H,24,26,29)/t13?,14-,20+,21+,22-/m1/s1. The summed E-state index contributed by atoms with van der Waals surface area (Å²) in [6.07, 6.45) is -3.15. The van der Waals surface area contributed by atoms with Crippen molar-refractivity contribution in [1.29, 1.82) is 0 Å². The minimum absolute atomic E-state index is 0.633. The zero-order valence-corrected chi connectivity index (χ0v) is 23.3. The average molecular weight is 582 g/mol. The lowest BCUT2D eigenvalue weighted by Crippen LogP contribution is -2.51. The van der Waals surface area contributed by atoms with Gasteiger partial charge in [0.25, 0.3) is 11.4 Å². The van der Waals surface area contributed by atoms with Crippen molar-refractivity contribution in [3.8, 4) is 0 Å². The number of esters is 2. The van der Waals surface area contributed by atoms with Crippen LogP contribution in [0.1, 0.15) is 54.7 Å². The number of halogens is 1. The summed E-state index contributed by atoms with van der Waals surface area (Å²) in [4.78, 5) is 49.5. The molecule has 220 valence electrons. The molecule has 1 aliphatic carbocycles. The van der Waals surface area contributed by atoms with Gasteiger partial charge in [0, 0.05) is 12.3 Å². The van der Waals surface area contributed by atoms with Crippen molar-refractivity contribution >= 4 is 19.8 Å². The highest BCUT2D eigenvalue weighted by atomic mass is 31.2. The predicted octanol–water partition coefficient (Wildman–Crippen LogP) is 0.847. The molecule has 0 amide bonds. The second-order valence-electron chi connectivity index (χ2n) is 11.3. The lowest BCUT2D eigenvalue weighted by Gasteiger charge is -2.32. The molecule has 1 aromatic rings. The Labute approximate surface area is 221 Å². The Balaban J connectivity index is 1.81. The second-order valence-corrected chi connectivity index (χ2v) is 13.0. The fourth-order valence-corrected chi connectivity index (χ4v) is 4.74. The first kappa shape index (κ1) is 31.1. The molecule has 1 unspecified atom stereocenters. The van der Waals surface area contributed by atoms with Crippen LogP contribution in [0.5, 0.6) is 0 Å². The lowest BCUT2D eigenvalue weighted by atomic mass is 9.95. The van der Waals surface area contributed by atoms with Crippen molar-refractivity contribution in [3.63, 3.8) is 0 Å². The van der Waals surface area contributed by atoms with E-state index in [1.165, 1.54) is 41.5 Å². The van der Waals surface area contributed by atoms with E-state index >= 15 is 4.39 Å². The maximum absolute atomic E-state index is 15.8. The topological polar surface area (TPSA) is 202 Å². The van der Waals surface area contributed by atoms with Crippen LogP contribution in [-0.4, -0.2) is 68.4 Å². The fraction of sp³-hybridized carbons (Fsp3) is 0.727. The van der Waals surface area contributed by atoms with Gasteiger partial charge in [-0.2, -0.15) is 0 Å². The zero-order chi connectivity index (χ0) is 29.8. The Kier molecular flexibility index (Phi) is 7.86. The van der Waals surface area contributed by atoms with Crippen LogP contribution in [0.15, 0.2) is 21.9 Å². The number of phosphoric acid groups is 1. The first-order chi connectivity index (χ1) is 17.6. The maximum atomic E-state index is 15.8. The van der Waals surface area contributed by atoms with Crippen LogP contribution in [0.3, 0.4) is 0 Å². The molecule has 0 bridgehead atoms. The van der Waals surface area contributed by atoms with Gasteiger partial charge in [0.2, 0.25) is 13.6 Å². The largest absolute Gasteiger partial charge is 0.481 e. The van der Waals surface area contributed by atoms with E-state index in [2.05, 4.69) is 0 Å². The van der Waals surface area contributed by atoms with Crippen molar-refractivity contribution in [2.24, 2.45) is 10.8 Å². The van der Waals surface area contributed by atoms with Crippen molar-refractivity contribution in [2.75, 3.05) is 13.6 Å². The van der Waals surface area contributed by atoms with Gasteiger partial charge in [-0.15, -0.1) is 0 Å². The molecule has 1 saturated carbocycles. The quantitative estimate of drug-likeness (QED) is 0.210. The minimum atomic E-state index is -4.99. The van der Waals surface area contributed by atoms with Crippen LogP contribution in [0, 0.1) is 10.8 Å². The summed E-state index contributed by atoms with van der Waals surface area (Å²) < 4.78 is 59.6. The molecule has 2 aliphatic rings. The number of nitrogens with zero attached hydrogens (tertiary/aromatic N) is 1. The minimum Gasteiger partial charge on any atom is -0.437 e. The van der Waals surface area contributed by atoms with Gasteiger partial charge >= 0.3 is 25.5 Å². The molecule has 2 heterocycles. The van der Waals surface area contributed by atoms with E-state index in [4.69, 9.17) is 27.8 Å². The summed E-state index contributed by atoms with van der Waals surface area (Å²) in [6.45, 7) is 8.11. The Morgan fingerprint density at radius 3 is 1.95 bits per heavy atom. The molecule has 39 heavy (non-hydrogen) atoms. The van der Waals surface area contributed by atoms with Gasteiger partial charge in [-0.1, -0.05) is 0 Å². The third-order valence-electron chi connectivity index (χ3n) is 6.05. The van der Waals surface area contributed by atoms with Gasteiger partial charge in [-0.3, -0.25) is 28.5 Å². The molecule has 0 aromatic carbocycles. The summed E-state index contributed by atoms with van der Waals surface area (Å²) in [5.74, 6) is -4.78. The number of aromatic amines is 1. The molecular formula is C22H32FN2O13P. The van der Waals surface area contributed by atoms with Crippen LogP contribution in [0.2, 0.25) is 0 Å². The van der Waals surface area contributed by atoms with E-state index in [-0.39, 0.29) is 0 Å². The van der Waals surface area contributed by atoms with Gasteiger partial charge in [-0.05, 0) is 48.5 Å². The number of nitrogens with one attached hydrogen (secondary N) is 1. The van der Waals surface area contributed by atoms with Crippen LogP contribution >= 0.6 is 7.82 Å². The SMILES string of the molecule is CC(C)(C)C(=O)OCOP(=O)(OCOC(=O)C(C)(C)C)OC1[C@]2(O)[C@@](C)(O)[C@H](n3ccc(=O)[nH]c3=O)O[C@]12F. The average Bonchev–Trinajstić information content (AvgIpc) is 3.18. The number of carbonyl (C=O) groups is 2. The van der Waals surface area contributed by atoms with Crippen LogP contribution in [0.25, 0.3) is 0 Å². The van der Waals surface area contributed by atoms with E-state index in [0.717, 1.165) is 19.2 Å². The van der Waals surface area contributed by atoms with Gasteiger partial charge in [0.1, 0.15) is 5.60 Å². The van der Waals surface area contributed by atoms with E-state index < -0.39 is 84.8 Å². The Morgan fingerprint density at radius 1 is 1.08 bits per heavy atom. The number of hydrogen-bond donors (Lipinski definition) is 3. The van der Waals surface area contributed by atoms with Crippen LogP contribution in [0.4, 0.5) is 4.39 Å². The molecule has 1 aromatic heterocycles. The molecule has 0 spiro atoms. The molecule has 3 N–H and O–H groups in total. The first-order valence-electron chi connectivity index (χ1n) is 11.6. The van der Waals surface area contributed by atoms with E-state index in [9.17, 15) is 34.0 Å². The third kappa shape index (κ3) is 5.59. The van der Waals surface area contributed by atoms with Crippen LogP contribution in [-0.2, 0) is 41.9 Å². The Bertz CT molecular complexity index is 1260. The molecule has 2 fully saturated rings. The summed E-state index contributed by atoms with van der Waals surface area (Å²) in [5.41, 5.74) is -9.31. The number of aliphatic hydroxyl groups is 2. The number of alkyl halides is 1. The molecule has 1 aliphatic heterocycles. The summed E-state index contributed by atoms with van der Waals surface area (Å²) >= 11 is 0. The van der Waals surface area contributed by atoms with E-state index in [1.54, 1.807) is 0 Å². The van der Waals surface area contributed by atoms with Gasteiger partial charge < -0.3 is 24.4 Å². The maximum Gasteiger partial charge on any atom is 0.481 e. The number of phosphoric ester groups is 1. The van der Waals surface area contributed by atoms with E-state index in [1.807, 2.05) is 4.98 Å². The highest BCUT2D eigenvalue weighted by molar-refractivity contribution is 7.48. The first-order valence-corrected chi connectivity index (χ1v) is 13.1. The number of fused-ring (bicyclic) bond motifs is 1. The molecule has 0 radical (unpaired) electrons. The smallest absolute Gasteiger partial charge is 0.437 e. The second kappa shape index (κ2) is 9.87. The zero-order valence-electron chi connectivity index (χ0n) is 22.4. The highest BCUT2D eigenvalue weighted by Gasteiger charge is 2.95. The fourth-order valence-electron chi connectivity index (χ4n) is 3.63. The normalized spacial score (nSPS) is 30.5. The van der Waals surface area contributed by atoms with Crippen molar-refractivity contribution in [3.05, 3.63) is 33.1 Å². The van der Waals surface area contributed by atoms with Crippen LogP contribution < -0.4 is 11.2 Å². The molecule has 1 saturated heterocycles.